The molecule has 0 aliphatic rings. The highest BCUT2D eigenvalue weighted by atomic mass is 16.4. The van der Waals surface area contributed by atoms with Crippen LogP contribution in [0.1, 0.15) is 41.5 Å². The minimum Gasteiger partial charge on any atom is -0.508 e. The van der Waals surface area contributed by atoms with Crippen molar-refractivity contribution in [3.8, 4) is 17.0 Å². The van der Waals surface area contributed by atoms with Crippen LogP contribution >= 0.6 is 0 Å². The van der Waals surface area contributed by atoms with E-state index in [1.165, 1.54) is 6.07 Å². The second-order valence-corrected chi connectivity index (χ2v) is 8.96. The lowest BCUT2D eigenvalue weighted by Crippen LogP contribution is -2.12. The van der Waals surface area contributed by atoms with E-state index in [1.807, 2.05) is 18.2 Å². The number of hydrogen-bond acceptors (Lipinski definition) is 5. The molecular weight excluding hydrogens is 484 g/mol. The van der Waals surface area contributed by atoms with E-state index in [9.17, 15) is 14.7 Å². The summed E-state index contributed by atoms with van der Waals surface area (Å²) >= 11 is 0. The maximum atomic E-state index is 12.3. The number of phenolic OH excluding ortho intramolecular Hbond substituents is 1. The third-order valence-corrected chi connectivity index (χ3v) is 6.23. The second-order valence-electron chi connectivity index (χ2n) is 8.96. The Balaban J connectivity index is 1.71. The number of aromatic amines is 1. The van der Waals surface area contributed by atoms with E-state index >= 15 is 0 Å². The standard InChI is InChI=1S/C28H28N6O4/c29-27(30)16-6-4-15(5-7-16)26-21(20-10-8-17(28(31)32)14-22(20)34-26)13-18-12-19(9-11-23(18)35)33-24(36)2-1-3-25(37)38/h4-12,14,34-35H,1-3,13H2,(H3,29,30)(H3,31,32)(H,33,36)(H,37,38). The molecule has 1 aromatic heterocycles. The Morgan fingerprint density at radius 2 is 1.58 bits per heavy atom. The van der Waals surface area contributed by atoms with Crippen LogP contribution in [0.4, 0.5) is 5.69 Å². The fourth-order valence-electron chi connectivity index (χ4n) is 4.29. The predicted octanol–water partition coefficient (Wildman–Crippen LogP) is 3.89. The van der Waals surface area contributed by atoms with Gasteiger partial charge >= 0.3 is 5.97 Å². The number of anilines is 1. The summed E-state index contributed by atoms with van der Waals surface area (Å²) in [5.41, 5.74) is 16.8. The third-order valence-electron chi connectivity index (χ3n) is 6.23. The van der Waals surface area contributed by atoms with Gasteiger partial charge in [0, 0.05) is 52.5 Å². The van der Waals surface area contributed by atoms with Gasteiger partial charge in [-0.3, -0.25) is 20.4 Å². The number of aliphatic carboxylic acids is 1. The number of nitrogen functional groups attached to an aromatic ring is 2. The Morgan fingerprint density at radius 1 is 0.895 bits per heavy atom. The Kier molecular flexibility index (Phi) is 7.43. The molecule has 0 aliphatic carbocycles. The van der Waals surface area contributed by atoms with E-state index in [2.05, 4.69) is 10.3 Å². The van der Waals surface area contributed by atoms with Crippen molar-refractivity contribution in [3.05, 3.63) is 82.9 Å². The lowest BCUT2D eigenvalue weighted by Gasteiger charge is -2.11. The van der Waals surface area contributed by atoms with Gasteiger partial charge in [0.25, 0.3) is 0 Å². The number of benzene rings is 3. The van der Waals surface area contributed by atoms with Gasteiger partial charge in [0.05, 0.1) is 5.69 Å². The van der Waals surface area contributed by atoms with E-state index in [-0.39, 0.29) is 42.6 Å². The Hall–Kier alpha value is -5.12. The summed E-state index contributed by atoms with van der Waals surface area (Å²) in [6.07, 6.45) is 0.535. The van der Waals surface area contributed by atoms with Crippen LogP contribution in [0.2, 0.25) is 0 Å². The monoisotopic (exact) mass is 512 g/mol. The number of carboxylic acid groups (broad SMARTS) is 1. The molecule has 38 heavy (non-hydrogen) atoms. The van der Waals surface area contributed by atoms with Crippen molar-refractivity contribution in [2.45, 2.75) is 25.7 Å². The molecule has 0 saturated carbocycles. The first-order valence-corrected chi connectivity index (χ1v) is 11.9. The number of rotatable bonds is 10. The number of hydrogen-bond donors (Lipinski definition) is 8. The molecule has 0 bridgehead atoms. The van der Waals surface area contributed by atoms with Gasteiger partial charge in [-0.05, 0) is 41.8 Å². The Morgan fingerprint density at radius 3 is 2.24 bits per heavy atom. The minimum absolute atomic E-state index is 0.0359. The average Bonchev–Trinajstić information content (AvgIpc) is 3.23. The lowest BCUT2D eigenvalue weighted by molar-refractivity contribution is -0.137. The van der Waals surface area contributed by atoms with Crippen LogP contribution in [0, 0.1) is 10.8 Å². The number of amidine groups is 2. The number of phenols is 1. The van der Waals surface area contributed by atoms with Gasteiger partial charge in [-0.15, -0.1) is 0 Å². The first-order valence-electron chi connectivity index (χ1n) is 11.9. The van der Waals surface area contributed by atoms with Gasteiger partial charge in [-0.2, -0.15) is 0 Å². The lowest BCUT2D eigenvalue weighted by atomic mass is 9.96. The fraction of sp³-hybridized carbons (Fsp3) is 0.143. The van der Waals surface area contributed by atoms with E-state index in [0.29, 0.717) is 28.8 Å². The number of nitrogens with one attached hydrogen (secondary N) is 4. The topological polar surface area (TPSA) is 202 Å². The zero-order valence-electron chi connectivity index (χ0n) is 20.5. The molecule has 0 saturated heterocycles. The van der Waals surface area contributed by atoms with Gasteiger partial charge in [-0.25, -0.2) is 0 Å². The van der Waals surface area contributed by atoms with Crippen molar-refractivity contribution in [2.24, 2.45) is 11.5 Å². The van der Waals surface area contributed by atoms with Crippen molar-refractivity contribution in [3.63, 3.8) is 0 Å². The molecule has 10 heteroatoms. The summed E-state index contributed by atoms with van der Waals surface area (Å²) in [4.78, 5) is 26.4. The first-order chi connectivity index (χ1) is 18.1. The number of carbonyl (C=O) groups is 2. The average molecular weight is 513 g/mol. The van der Waals surface area contributed by atoms with Crippen LogP contribution in [0.15, 0.2) is 60.7 Å². The molecule has 0 radical (unpaired) electrons. The predicted molar refractivity (Wildman–Crippen MR) is 147 cm³/mol. The number of H-pyrrole nitrogens is 1. The highest BCUT2D eigenvalue weighted by Crippen LogP contribution is 2.35. The van der Waals surface area contributed by atoms with Crippen LogP contribution in [-0.4, -0.2) is 38.7 Å². The molecule has 3 aromatic carbocycles. The molecule has 194 valence electrons. The Labute approximate surface area is 218 Å². The fourth-order valence-corrected chi connectivity index (χ4v) is 4.29. The van der Waals surface area contributed by atoms with Gasteiger partial charge in [0.2, 0.25) is 5.91 Å². The van der Waals surface area contributed by atoms with Crippen molar-refractivity contribution < 1.29 is 19.8 Å². The molecule has 0 unspecified atom stereocenters. The number of carboxylic acids is 1. The summed E-state index contributed by atoms with van der Waals surface area (Å²) < 4.78 is 0. The summed E-state index contributed by atoms with van der Waals surface area (Å²) in [6.45, 7) is 0. The maximum absolute atomic E-state index is 12.3. The van der Waals surface area contributed by atoms with Gasteiger partial charge in [0.15, 0.2) is 0 Å². The maximum Gasteiger partial charge on any atom is 0.303 e. The van der Waals surface area contributed by atoms with Gasteiger partial charge < -0.3 is 32.0 Å². The smallest absolute Gasteiger partial charge is 0.303 e. The molecule has 1 amide bonds. The zero-order valence-corrected chi connectivity index (χ0v) is 20.5. The van der Waals surface area contributed by atoms with Crippen molar-refractivity contribution in [1.82, 2.24) is 4.98 Å². The molecule has 0 fully saturated rings. The number of aromatic hydroxyl groups is 1. The highest BCUT2D eigenvalue weighted by Gasteiger charge is 2.17. The van der Waals surface area contributed by atoms with Crippen LogP contribution in [0.3, 0.4) is 0 Å². The number of aromatic nitrogens is 1. The largest absolute Gasteiger partial charge is 0.508 e. The zero-order chi connectivity index (χ0) is 27.4. The van der Waals surface area contributed by atoms with Crippen LogP contribution < -0.4 is 16.8 Å². The second kappa shape index (κ2) is 10.9. The minimum atomic E-state index is -0.953. The quantitative estimate of drug-likeness (QED) is 0.0898. The van der Waals surface area contributed by atoms with Crippen LogP contribution in [0.5, 0.6) is 5.75 Å². The Bertz CT molecular complexity index is 1560. The SMILES string of the molecule is N=C(N)c1ccc(-c2[nH]c3cc(C(=N)N)ccc3c2Cc2cc(NC(=O)CCCC(=O)O)ccc2O)cc1. The number of amides is 1. The van der Waals surface area contributed by atoms with E-state index in [4.69, 9.17) is 27.4 Å². The summed E-state index contributed by atoms with van der Waals surface area (Å²) in [6, 6.07) is 17.4. The van der Waals surface area contributed by atoms with Crippen molar-refractivity contribution >= 4 is 40.1 Å². The number of nitrogens with two attached hydrogens (primary N) is 2. The van der Waals surface area contributed by atoms with Crippen molar-refractivity contribution in [1.29, 1.82) is 10.8 Å². The summed E-state index contributed by atoms with van der Waals surface area (Å²) in [5, 5.41) is 38.5. The number of carbonyl (C=O) groups excluding carboxylic acids is 1. The van der Waals surface area contributed by atoms with E-state index in [1.54, 1.807) is 36.4 Å². The molecule has 0 atom stereocenters. The highest BCUT2D eigenvalue weighted by molar-refractivity contribution is 6.01. The van der Waals surface area contributed by atoms with Crippen molar-refractivity contribution in [2.75, 3.05) is 5.32 Å². The molecule has 1 heterocycles. The molecule has 10 nitrogen and oxygen atoms in total. The van der Waals surface area contributed by atoms with E-state index < -0.39 is 5.97 Å². The molecule has 0 spiro atoms. The molecule has 10 N–H and O–H groups in total. The van der Waals surface area contributed by atoms with Crippen LogP contribution in [-0.2, 0) is 16.0 Å². The first kappa shape index (κ1) is 26.0. The summed E-state index contributed by atoms with van der Waals surface area (Å²) in [5.74, 6) is -1.30. The molecular formula is C28H28N6O4. The van der Waals surface area contributed by atoms with Gasteiger partial charge in [-0.1, -0.05) is 36.4 Å². The summed E-state index contributed by atoms with van der Waals surface area (Å²) in [7, 11) is 0. The van der Waals surface area contributed by atoms with E-state index in [0.717, 1.165) is 27.7 Å². The third kappa shape index (κ3) is 5.81. The molecule has 4 rings (SSSR count). The normalized spacial score (nSPS) is 10.8. The van der Waals surface area contributed by atoms with Crippen LogP contribution in [0.25, 0.3) is 22.2 Å². The molecule has 0 aliphatic heterocycles. The number of fused-ring (bicyclic) bond motifs is 1. The van der Waals surface area contributed by atoms with Gasteiger partial charge in [0.1, 0.15) is 17.4 Å². The molecule has 4 aromatic rings.